The predicted molar refractivity (Wildman–Crippen MR) is 92.7 cm³/mol. The van der Waals surface area contributed by atoms with Crippen molar-refractivity contribution in [2.24, 2.45) is 0 Å². The van der Waals surface area contributed by atoms with Crippen LogP contribution in [0.4, 0.5) is 11.4 Å². The number of benzene rings is 1. The molecule has 0 aliphatic carbocycles. The van der Waals surface area contributed by atoms with Gasteiger partial charge in [0.25, 0.3) is 0 Å². The average Bonchev–Trinajstić information content (AvgIpc) is 2.47. The van der Waals surface area contributed by atoms with Crippen molar-refractivity contribution in [2.45, 2.75) is 20.8 Å². The Morgan fingerprint density at radius 1 is 1.27 bits per heavy atom. The van der Waals surface area contributed by atoms with Crippen molar-refractivity contribution in [1.82, 2.24) is 0 Å². The Balaban J connectivity index is 2.79. The first-order chi connectivity index (χ1) is 10.3. The molecule has 22 heavy (non-hydrogen) atoms. The molecule has 1 amide bonds. The Hall–Kier alpha value is -1.75. The molecule has 0 fully saturated rings. The van der Waals surface area contributed by atoms with Crippen molar-refractivity contribution in [3.05, 3.63) is 18.2 Å². The predicted octanol–water partition coefficient (Wildman–Crippen LogP) is 2.58. The van der Waals surface area contributed by atoms with Gasteiger partial charge in [0, 0.05) is 26.7 Å². The van der Waals surface area contributed by atoms with E-state index < -0.39 is 0 Å². The monoisotopic (exact) mass is 308 g/mol. The lowest BCUT2D eigenvalue weighted by Crippen LogP contribution is -2.46. The fraction of sp³-hybridized carbons (Fsp3) is 0.588. The summed E-state index contributed by atoms with van der Waals surface area (Å²) in [5.41, 5.74) is 1.75. The highest BCUT2D eigenvalue weighted by atomic mass is 16.5. The molecule has 5 nitrogen and oxygen atoms in total. The van der Waals surface area contributed by atoms with Gasteiger partial charge in [-0.05, 0) is 32.0 Å². The van der Waals surface area contributed by atoms with Crippen molar-refractivity contribution in [2.75, 3.05) is 57.6 Å². The maximum atomic E-state index is 11.2. The quantitative estimate of drug-likeness (QED) is 0.751. The van der Waals surface area contributed by atoms with E-state index in [1.165, 1.54) is 6.92 Å². The van der Waals surface area contributed by atoms with Gasteiger partial charge in [-0.25, -0.2) is 0 Å². The van der Waals surface area contributed by atoms with Gasteiger partial charge in [-0.1, -0.05) is 0 Å². The Bertz CT molecular complexity index is 497. The Kier molecular flexibility index (Phi) is 6.68. The first-order valence-electron chi connectivity index (χ1n) is 7.86. The zero-order valence-electron chi connectivity index (χ0n) is 14.8. The third kappa shape index (κ3) is 5.22. The van der Waals surface area contributed by atoms with Gasteiger partial charge < -0.3 is 19.4 Å². The highest BCUT2D eigenvalue weighted by molar-refractivity contribution is 5.89. The Labute approximate surface area is 134 Å². The molecule has 0 saturated carbocycles. The summed E-state index contributed by atoms with van der Waals surface area (Å²) in [4.78, 5) is 13.2. The van der Waals surface area contributed by atoms with Crippen LogP contribution >= 0.6 is 0 Å². The number of carbonyl (C=O) groups is 1. The van der Waals surface area contributed by atoms with Crippen LogP contribution in [0, 0.1) is 0 Å². The summed E-state index contributed by atoms with van der Waals surface area (Å²) in [6, 6.07) is 5.73. The normalized spacial score (nSPS) is 11.2. The zero-order chi connectivity index (χ0) is 16.8. The molecular formula is C17H30N3O2+. The van der Waals surface area contributed by atoms with E-state index in [4.69, 9.17) is 4.74 Å². The summed E-state index contributed by atoms with van der Waals surface area (Å²) in [7, 11) is 6.19. The topological polar surface area (TPSA) is 41.6 Å². The molecule has 0 atom stereocenters. The number of quaternary nitrogens is 1. The number of ether oxygens (including phenoxy) is 1. The lowest BCUT2D eigenvalue weighted by Gasteiger charge is -2.32. The van der Waals surface area contributed by atoms with Crippen LogP contribution in [0.2, 0.25) is 0 Å². The molecule has 0 saturated heterocycles. The molecular weight excluding hydrogens is 278 g/mol. The number of likely N-dealkylation sites (N-methyl/N-ethyl adjacent to an activating group) is 1. The third-order valence-electron chi connectivity index (χ3n) is 4.18. The number of rotatable bonds is 8. The minimum Gasteiger partial charge on any atom is -0.486 e. The van der Waals surface area contributed by atoms with Gasteiger partial charge in [0.05, 0.1) is 25.8 Å². The number of hydrogen-bond donors (Lipinski definition) is 1. The van der Waals surface area contributed by atoms with Crippen molar-refractivity contribution in [3.63, 3.8) is 0 Å². The molecule has 1 N–H and O–H groups in total. The molecule has 1 aromatic rings. The van der Waals surface area contributed by atoms with Gasteiger partial charge in [-0.3, -0.25) is 4.79 Å². The lowest BCUT2D eigenvalue weighted by molar-refractivity contribution is -0.906. The van der Waals surface area contributed by atoms with Crippen LogP contribution in [0.15, 0.2) is 18.2 Å². The van der Waals surface area contributed by atoms with Gasteiger partial charge >= 0.3 is 0 Å². The molecule has 1 rings (SSSR count). The molecule has 1 aromatic carbocycles. The number of nitrogens with one attached hydrogen (secondary N) is 1. The van der Waals surface area contributed by atoms with Crippen LogP contribution in [-0.2, 0) is 4.79 Å². The molecule has 124 valence electrons. The van der Waals surface area contributed by atoms with Crippen LogP contribution in [0.5, 0.6) is 5.75 Å². The van der Waals surface area contributed by atoms with E-state index in [1.807, 2.05) is 37.2 Å². The second kappa shape index (κ2) is 8.03. The molecule has 0 heterocycles. The smallest absolute Gasteiger partial charge is 0.221 e. The molecule has 0 aliphatic rings. The SMILES string of the molecule is CC[N+](C)(CC)CCOc1ccc(NC(C)=O)cc1N(C)C. The molecule has 0 unspecified atom stereocenters. The van der Waals surface area contributed by atoms with Gasteiger partial charge in [0.15, 0.2) is 0 Å². The highest BCUT2D eigenvalue weighted by Gasteiger charge is 2.17. The number of amides is 1. The van der Waals surface area contributed by atoms with Gasteiger partial charge in [0.1, 0.15) is 18.9 Å². The first-order valence-corrected chi connectivity index (χ1v) is 7.86. The molecule has 0 aliphatic heterocycles. The minimum atomic E-state index is -0.0719. The summed E-state index contributed by atoms with van der Waals surface area (Å²) in [6.45, 7) is 9.78. The highest BCUT2D eigenvalue weighted by Crippen LogP contribution is 2.30. The van der Waals surface area contributed by atoms with Gasteiger partial charge in [-0.2, -0.15) is 0 Å². The summed E-state index contributed by atoms with van der Waals surface area (Å²) >= 11 is 0. The lowest BCUT2D eigenvalue weighted by atomic mass is 10.2. The Morgan fingerprint density at radius 3 is 2.41 bits per heavy atom. The van der Waals surface area contributed by atoms with Crippen molar-refractivity contribution >= 4 is 17.3 Å². The second-order valence-electron chi connectivity index (χ2n) is 6.08. The van der Waals surface area contributed by atoms with E-state index in [0.717, 1.165) is 41.2 Å². The average molecular weight is 308 g/mol. The van der Waals surface area contributed by atoms with Gasteiger partial charge in [0.2, 0.25) is 5.91 Å². The maximum Gasteiger partial charge on any atom is 0.221 e. The molecule has 0 bridgehead atoms. The number of hydrogen-bond acceptors (Lipinski definition) is 3. The minimum absolute atomic E-state index is 0.0719. The molecule has 0 spiro atoms. The summed E-state index contributed by atoms with van der Waals surface area (Å²) in [6.07, 6.45) is 0. The number of anilines is 2. The van der Waals surface area contributed by atoms with Crippen LogP contribution in [0.3, 0.4) is 0 Å². The molecule has 0 radical (unpaired) electrons. The number of carbonyl (C=O) groups excluding carboxylic acids is 1. The standard InChI is InChI=1S/C17H29N3O2/c1-7-20(6,8-2)11-12-22-17-10-9-15(18-14(3)21)13-16(17)19(4)5/h9-10,13H,7-8,11-12H2,1-6H3/p+1. The summed E-state index contributed by atoms with van der Waals surface area (Å²) in [5, 5.41) is 2.80. The third-order valence-corrected chi connectivity index (χ3v) is 4.18. The first kappa shape index (κ1) is 18.3. The van der Waals surface area contributed by atoms with E-state index in [2.05, 4.69) is 26.2 Å². The van der Waals surface area contributed by atoms with Crippen molar-refractivity contribution < 1.29 is 14.0 Å². The van der Waals surface area contributed by atoms with Crippen LogP contribution in [0.25, 0.3) is 0 Å². The second-order valence-corrected chi connectivity index (χ2v) is 6.08. The van der Waals surface area contributed by atoms with Crippen LogP contribution in [0.1, 0.15) is 20.8 Å². The number of nitrogens with zero attached hydrogens (tertiary/aromatic N) is 2. The summed E-state index contributed by atoms with van der Waals surface area (Å²) < 4.78 is 6.99. The summed E-state index contributed by atoms with van der Waals surface area (Å²) in [5.74, 6) is 0.773. The fourth-order valence-corrected chi connectivity index (χ4v) is 2.19. The van der Waals surface area contributed by atoms with E-state index >= 15 is 0 Å². The van der Waals surface area contributed by atoms with E-state index in [0.29, 0.717) is 6.61 Å². The fourth-order valence-electron chi connectivity index (χ4n) is 2.19. The zero-order valence-corrected chi connectivity index (χ0v) is 14.8. The van der Waals surface area contributed by atoms with Gasteiger partial charge in [-0.15, -0.1) is 0 Å². The van der Waals surface area contributed by atoms with E-state index in [1.54, 1.807) is 0 Å². The van der Waals surface area contributed by atoms with Crippen LogP contribution in [-0.4, -0.2) is 57.8 Å². The molecule has 0 aromatic heterocycles. The van der Waals surface area contributed by atoms with Crippen molar-refractivity contribution in [1.29, 1.82) is 0 Å². The maximum absolute atomic E-state index is 11.2. The van der Waals surface area contributed by atoms with E-state index in [9.17, 15) is 4.79 Å². The van der Waals surface area contributed by atoms with E-state index in [-0.39, 0.29) is 5.91 Å². The molecule has 5 heteroatoms. The largest absolute Gasteiger partial charge is 0.486 e. The Morgan fingerprint density at radius 2 is 1.91 bits per heavy atom. The van der Waals surface area contributed by atoms with Crippen molar-refractivity contribution in [3.8, 4) is 5.75 Å². The van der Waals surface area contributed by atoms with Crippen LogP contribution < -0.4 is 15.0 Å².